The molecule has 0 aromatic heterocycles. The van der Waals surface area contributed by atoms with Crippen LogP contribution in [0, 0.1) is 0 Å². The molecule has 0 aliphatic carbocycles. The van der Waals surface area contributed by atoms with Crippen molar-refractivity contribution < 1.29 is 0 Å². The van der Waals surface area contributed by atoms with Gasteiger partial charge in [0.2, 0.25) is 0 Å². The first-order chi connectivity index (χ1) is 3.25. The molecule has 8 heavy (non-hydrogen) atoms. The molecular weight excluding hydrogens is 227 g/mol. The summed E-state index contributed by atoms with van der Waals surface area (Å²) in [6, 6.07) is 0. The van der Waals surface area contributed by atoms with Crippen LogP contribution in [-0.4, -0.2) is 15.9 Å². The van der Waals surface area contributed by atoms with Crippen molar-refractivity contribution in [3.8, 4) is 0 Å². The maximum absolute atomic E-state index is 5.62. The van der Waals surface area contributed by atoms with Gasteiger partial charge in [-0.3, -0.25) is 0 Å². The quantitative estimate of drug-likeness (QED) is 0.447. The summed E-state index contributed by atoms with van der Waals surface area (Å²) < 4.78 is -0.958. The second-order valence-electron chi connectivity index (χ2n) is 2.75. The Hall–Kier alpha value is 1.41. The summed E-state index contributed by atoms with van der Waals surface area (Å²) in [6.07, 6.45) is 0. The number of hydrogen-bond acceptors (Lipinski definition) is 0. The monoisotopic (exact) mass is 236 g/mol. The van der Waals surface area contributed by atoms with Crippen LogP contribution in [0.15, 0.2) is 0 Å². The third-order valence-electron chi connectivity index (χ3n) is 0.850. The topological polar surface area (TPSA) is 0 Å². The van der Waals surface area contributed by atoms with Crippen molar-refractivity contribution in [1.82, 2.24) is 0 Å². The summed E-state index contributed by atoms with van der Waals surface area (Å²) in [6.45, 7) is 0. The molecule has 0 aromatic carbocycles. The predicted molar refractivity (Wildman–Crippen MR) is 43.6 cm³/mol. The number of rotatable bonds is 0. The molecule has 0 nitrogen and oxygen atoms in total. The molecule has 0 aliphatic rings. The van der Waals surface area contributed by atoms with E-state index in [0.717, 1.165) is 0 Å². The molecule has 0 radical (unpaired) electrons. The third kappa shape index (κ3) is 2.81. The summed E-state index contributed by atoms with van der Waals surface area (Å²) in [4.78, 5) is 0. The molecule has 0 aliphatic heterocycles. The van der Waals surface area contributed by atoms with Crippen LogP contribution in [0.1, 0.15) is 0 Å². The fourth-order valence-corrected chi connectivity index (χ4v) is 0. The van der Waals surface area contributed by atoms with E-state index in [4.69, 9.17) is 34.8 Å². The maximum atomic E-state index is 5.62. The first-order valence-electron chi connectivity index (χ1n) is 2.32. The van der Waals surface area contributed by atoms with E-state index in [-0.39, 0.29) is 0 Å². The van der Waals surface area contributed by atoms with Gasteiger partial charge < -0.3 is 0 Å². The van der Waals surface area contributed by atoms with E-state index in [9.17, 15) is 0 Å². The minimum atomic E-state index is -2.02. The van der Waals surface area contributed by atoms with Crippen LogP contribution in [0.3, 0.4) is 0 Å². The summed E-state index contributed by atoms with van der Waals surface area (Å²) in [5.41, 5.74) is 0. The van der Waals surface area contributed by atoms with E-state index in [1.165, 1.54) is 0 Å². The number of halogens is 3. The van der Waals surface area contributed by atoms with Gasteiger partial charge in [-0.15, -0.1) is 0 Å². The van der Waals surface area contributed by atoms with E-state index in [0.29, 0.717) is 0 Å². The van der Waals surface area contributed by atoms with E-state index in [1.807, 2.05) is 0 Å². The van der Waals surface area contributed by atoms with Gasteiger partial charge in [0.05, 0.1) is 0 Å². The SMILES string of the molecule is [CH3][Ge]([CH3])([CH3])[C](Cl)(Cl)Cl. The minimum absolute atomic E-state index is 0.958. The molecule has 0 saturated carbocycles. The van der Waals surface area contributed by atoms with Gasteiger partial charge in [0, 0.05) is 0 Å². The zero-order valence-electron chi connectivity index (χ0n) is 5.13. The van der Waals surface area contributed by atoms with Gasteiger partial charge in [-0.05, 0) is 0 Å². The Labute approximate surface area is 67.8 Å². The molecule has 4 heteroatoms. The Kier molecular flexibility index (Phi) is 3.02. The Balaban J connectivity index is 4.02. The van der Waals surface area contributed by atoms with Crippen molar-refractivity contribution in [2.75, 3.05) is 0 Å². The molecule has 0 amide bonds. The molecule has 0 rings (SSSR count). The Morgan fingerprint density at radius 2 is 1.12 bits per heavy atom. The van der Waals surface area contributed by atoms with Gasteiger partial charge in [0.25, 0.3) is 0 Å². The van der Waals surface area contributed by atoms with Gasteiger partial charge in [-0.25, -0.2) is 0 Å². The standard InChI is InChI=1S/C4H9Cl3Ge/c1-8(2,3)4(5,6)7/h1-3H3. The van der Waals surface area contributed by atoms with Crippen LogP contribution < -0.4 is 0 Å². The van der Waals surface area contributed by atoms with Crippen molar-refractivity contribution in [1.29, 1.82) is 0 Å². The van der Waals surface area contributed by atoms with Crippen LogP contribution >= 0.6 is 34.8 Å². The van der Waals surface area contributed by atoms with E-state index in [1.54, 1.807) is 0 Å². The molecule has 0 atom stereocenters. The molecule has 0 heterocycles. The Morgan fingerprint density at radius 3 is 1.12 bits per heavy atom. The molecule has 0 saturated heterocycles. The molecule has 0 fully saturated rings. The van der Waals surface area contributed by atoms with Crippen molar-refractivity contribution in [2.45, 2.75) is 19.9 Å². The Morgan fingerprint density at radius 1 is 1.00 bits per heavy atom. The Bertz CT molecular complexity index is 66.3. The third-order valence-corrected chi connectivity index (χ3v) is 13.3. The first kappa shape index (κ1) is 9.41. The fourth-order valence-electron chi connectivity index (χ4n) is 0. The average molecular weight is 236 g/mol. The van der Waals surface area contributed by atoms with Crippen molar-refractivity contribution in [3.05, 3.63) is 0 Å². The summed E-state index contributed by atoms with van der Waals surface area (Å²) in [5.74, 6) is 6.19. The van der Waals surface area contributed by atoms with Crippen LogP contribution in [-0.2, 0) is 0 Å². The predicted octanol–water partition coefficient (Wildman–Crippen LogP) is 3.23. The van der Waals surface area contributed by atoms with Crippen molar-refractivity contribution in [2.24, 2.45) is 0 Å². The number of hydrogen-bond donors (Lipinski definition) is 0. The van der Waals surface area contributed by atoms with Crippen LogP contribution in [0.4, 0.5) is 0 Å². The molecule has 50 valence electrons. The first-order valence-corrected chi connectivity index (χ1v) is 10.8. The van der Waals surface area contributed by atoms with Gasteiger partial charge in [0.1, 0.15) is 0 Å². The van der Waals surface area contributed by atoms with Crippen molar-refractivity contribution >= 4 is 48.1 Å². The molecule has 0 N–H and O–H groups in total. The van der Waals surface area contributed by atoms with Crippen LogP contribution in [0.2, 0.25) is 17.3 Å². The fraction of sp³-hybridized carbons (Fsp3) is 1.00. The second-order valence-corrected chi connectivity index (χ2v) is 18.0. The molecule has 0 aromatic rings. The molecule has 0 bridgehead atoms. The van der Waals surface area contributed by atoms with Gasteiger partial charge in [0.15, 0.2) is 0 Å². The van der Waals surface area contributed by atoms with Gasteiger partial charge in [-0.2, -0.15) is 0 Å². The molecular formula is C4H9Cl3Ge. The average Bonchev–Trinajstić information content (AvgIpc) is 1.25. The van der Waals surface area contributed by atoms with E-state index < -0.39 is 15.9 Å². The zero-order valence-corrected chi connectivity index (χ0v) is 9.50. The van der Waals surface area contributed by atoms with E-state index in [2.05, 4.69) is 17.3 Å². The summed E-state index contributed by atoms with van der Waals surface area (Å²) in [5, 5.41) is 0. The second kappa shape index (κ2) is 2.57. The normalized spacial score (nSPS) is 14.2. The summed E-state index contributed by atoms with van der Waals surface area (Å²) in [7, 11) is 0. The molecule has 0 spiro atoms. The van der Waals surface area contributed by atoms with Crippen LogP contribution in [0.25, 0.3) is 0 Å². The van der Waals surface area contributed by atoms with Gasteiger partial charge >= 0.3 is 68.0 Å². The number of alkyl halides is 3. The van der Waals surface area contributed by atoms with Gasteiger partial charge in [-0.1, -0.05) is 0 Å². The van der Waals surface area contributed by atoms with Crippen molar-refractivity contribution in [3.63, 3.8) is 0 Å². The van der Waals surface area contributed by atoms with Crippen LogP contribution in [0.5, 0.6) is 0 Å². The molecule has 0 unspecified atom stereocenters. The summed E-state index contributed by atoms with van der Waals surface area (Å²) >= 11 is 14.9. The van der Waals surface area contributed by atoms with E-state index >= 15 is 0 Å². The zero-order chi connectivity index (χ0) is 7.00.